The Morgan fingerprint density at radius 1 is 1.42 bits per heavy atom. The summed E-state index contributed by atoms with van der Waals surface area (Å²) in [5.74, 6) is -1.66. The van der Waals surface area contributed by atoms with Crippen LogP contribution in [0.4, 0.5) is 8.78 Å². The van der Waals surface area contributed by atoms with Gasteiger partial charge in [0.15, 0.2) is 5.78 Å². The van der Waals surface area contributed by atoms with E-state index < -0.39 is 23.8 Å². The zero-order valence-electron chi connectivity index (χ0n) is 9.90. The van der Waals surface area contributed by atoms with Gasteiger partial charge in [-0.15, -0.1) is 0 Å². The number of carboxylic acid groups (broad SMARTS) is 1. The molecule has 104 valence electrons. The molecule has 0 saturated carbocycles. The summed E-state index contributed by atoms with van der Waals surface area (Å²) < 4.78 is 28.4. The van der Waals surface area contributed by atoms with Crippen molar-refractivity contribution in [3.8, 4) is 5.75 Å². The molecule has 0 aliphatic rings. The number of carbonyl (C=O) groups is 2. The fourth-order valence-corrected chi connectivity index (χ4v) is 1.76. The maximum atomic E-state index is 12.1. The molecule has 19 heavy (non-hydrogen) atoms. The van der Waals surface area contributed by atoms with E-state index in [0.29, 0.717) is 0 Å². The molecular formula is C12H11BrF2O4. The molecule has 7 heteroatoms. The Hall–Kier alpha value is -1.50. The number of carboxylic acids is 1. The predicted octanol–water partition coefficient (Wildman–Crippen LogP) is 2.88. The molecule has 1 unspecified atom stereocenters. The monoisotopic (exact) mass is 336 g/mol. The smallest absolute Gasteiger partial charge is 0.387 e. The van der Waals surface area contributed by atoms with Crippen molar-refractivity contribution in [2.75, 3.05) is 0 Å². The van der Waals surface area contributed by atoms with Crippen LogP contribution in [0.15, 0.2) is 18.2 Å². The van der Waals surface area contributed by atoms with Gasteiger partial charge in [0.2, 0.25) is 0 Å². The Kier molecular flexibility index (Phi) is 5.41. The van der Waals surface area contributed by atoms with Crippen molar-refractivity contribution in [2.45, 2.75) is 24.8 Å². The number of hydrogen-bond acceptors (Lipinski definition) is 3. The molecule has 0 saturated heterocycles. The number of ketones is 1. The van der Waals surface area contributed by atoms with Crippen LogP contribution in [0.5, 0.6) is 5.75 Å². The van der Waals surface area contributed by atoms with E-state index in [1.54, 1.807) is 6.92 Å². The summed E-state index contributed by atoms with van der Waals surface area (Å²) in [6.07, 6.45) is -0.443. The molecule has 0 fully saturated rings. The average Bonchev–Trinajstić information content (AvgIpc) is 2.26. The van der Waals surface area contributed by atoms with Crippen molar-refractivity contribution < 1.29 is 28.2 Å². The molecule has 0 aromatic heterocycles. The maximum absolute atomic E-state index is 12.1. The van der Waals surface area contributed by atoms with Gasteiger partial charge in [-0.25, -0.2) is 0 Å². The van der Waals surface area contributed by atoms with Crippen molar-refractivity contribution in [3.05, 3.63) is 29.3 Å². The number of Topliss-reactive ketones (excluding diaryl/α,β-unsaturated/α-hetero) is 1. The van der Waals surface area contributed by atoms with Crippen LogP contribution in [0.3, 0.4) is 0 Å². The molecule has 0 aliphatic heterocycles. The van der Waals surface area contributed by atoms with E-state index in [9.17, 15) is 18.4 Å². The summed E-state index contributed by atoms with van der Waals surface area (Å²) in [5, 5.41) is 8.77. The molecular weight excluding hydrogens is 326 g/mol. The fourth-order valence-electron chi connectivity index (χ4n) is 1.51. The second-order valence-corrected chi connectivity index (χ2v) is 5.12. The molecule has 1 aromatic carbocycles. The van der Waals surface area contributed by atoms with Crippen LogP contribution in [-0.2, 0) is 11.2 Å². The number of ether oxygens (including phenoxy) is 1. The Balaban J connectivity index is 3.16. The minimum absolute atomic E-state index is 0.141. The molecule has 0 amide bonds. The zero-order chi connectivity index (χ0) is 14.6. The Bertz CT molecular complexity index is 489. The lowest BCUT2D eigenvalue weighted by molar-refractivity contribution is -0.136. The third kappa shape index (κ3) is 4.59. The van der Waals surface area contributed by atoms with Crippen molar-refractivity contribution in [1.29, 1.82) is 0 Å². The van der Waals surface area contributed by atoms with Crippen LogP contribution in [0.1, 0.15) is 22.8 Å². The number of alkyl halides is 3. The van der Waals surface area contributed by atoms with Crippen LogP contribution < -0.4 is 4.74 Å². The highest BCUT2D eigenvalue weighted by atomic mass is 79.9. The number of rotatable bonds is 6. The summed E-state index contributed by atoms with van der Waals surface area (Å²) in [5.41, 5.74) is 0.315. The van der Waals surface area contributed by atoms with Crippen molar-refractivity contribution in [1.82, 2.24) is 0 Å². The van der Waals surface area contributed by atoms with Gasteiger partial charge in [-0.1, -0.05) is 15.9 Å². The summed E-state index contributed by atoms with van der Waals surface area (Å²) in [6.45, 7) is -1.41. The molecule has 1 N–H and O–H groups in total. The van der Waals surface area contributed by atoms with Gasteiger partial charge >= 0.3 is 12.6 Å². The SMILES string of the molecule is CC(Br)C(=O)c1ccc(OC(F)F)cc1CC(=O)O. The first-order chi connectivity index (χ1) is 8.81. The normalized spacial score (nSPS) is 12.3. The van der Waals surface area contributed by atoms with Gasteiger partial charge in [-0.05, 0) is 30.7 Å². The first-order valence-electron chi connectivity index (χ1n) is 5.29. The number of halogens is 3. The van der Waals surface area contributed by atoms with Crippen molar-refractivity contribution in [3.63, 3.8) is 0 Å². The van der Waals surface area contributed by atoms with E-state index in [1.165, 1.54) is 12.1 Å². The van der Waals surface area contributed by atoms with Crippen molar-refractivity contribution in [2.24, 2.45) is 0 Å². The van der Waals surface area contributed by atoms with E-state index in [4.69, 9.17) is 5.11 Å². The van der Waals surface area contributed by atoms with E-state index in [0.717, 1.165) is 6.07 Å². The molecule has 0 radical (unpaired) electrons. The Morgan fingerprint density at radius 2 is 2.05 bits per heavy atom. The van der Waals surface area contributed by atoms with E-state index in [1.807, 2.05) is 0 Å². The standard InChI is InChI=1S/C12H11BrF2O4/c1-6(13)11(18)9-3-2-8(19-12(14)15)4-7(9)5-10(16)17/h2-4,6,12H,5H2,1H3,(H,16,17). The number of carbonyl (C=O) groups excluding carboxylic acids is 1. The van der Waals surface area contributed by atoms with Gasteiger partial charge in [0.05, 0.1) is 11.2 Å². The van der Waals surface area contributed by atoms with Gasteiger partial charge in [0, 0.05) is 5.56 Å². The van der Waals surface area contributed by atoms with E-state index in [-0.39, 0.29) is 22.7 Å². The first-order valence-corrected chi connectivity index (χ1v) is 6.20. The van der Waals surface area contributed by atoms with Crippen LogP contribution in [0.2, 0.25) is 0 Å². The average molecular weight is 337 g/mol. The molecule has 0 heterocycles. The van der Waals surface area contributed by atoms with Gasteiger partial charge in [-0.2, -0.15) is 8.78 Å². The second kappa shape index (κ2) is 6.60. The quantitative estimate of drug-likeness (QED) is 0.640. The third-order valence-corrected chi connectivity index (χ3v) is 2.69. The fraction of sp³-hybridized carbons (Fsp3) is 0.333. The highest BCUT2D eigenvalue weighted by Crippen LogP contribution is 2.23. The van der Waals surface area contributed by atoms with E-state index in [2.05, 4.69) is 20.7 Å². The lowest BCUT2D eigenvalue weighted by Crippen LogP contribution is -2.15. The van der Waals surface area contributed by atoms with Gasteiger partial charge in [0.1, 0.15) is 5.75 Å². The minimum atomic E-state index is -3.01. The van der Waals surface area contributed by atoms with Crippen molar-refractivity contribution >= 4 is 27.7 Å². The molecule has 0 bridgehead atoms. The lowest BCUT2D eigenvalue weighted by Gasteiger charge is -2.11. The topological polar surface area (TPSA) is 63.6 Å². The molecule has 1 atom stereocenters. The second-order valence-electron chi connectivity index (χ2n) is 3.75. The Labute approximate surface area is 116 Å². The molecule has 0 spiro atoms. The van der Waals surface area contributed by atoms with Crippen LogP contribution >= 0.6 is 15.9 Å². The predicted molar refractivity (Wildman–Crippen MR) is 67.1 cm³/mol. The summed E-state index contributed by atoms with van der Waals surface area (Å²) >= 11 is 3.09. The highest BCUT2D eigenvalue weighted by Gasteiger charge is 2.19. The zero-order valence-corrected chi connectivity index (χ0v) is 11.5. The summed E-state index contributed by atoms with van der Waals surface area (Å²) in [4.78, 5) is 22.1. The highest BCUT2D eigenvalue weighted by molar-refractivity contribution is 9.10. The molecule has 1 rings (SSSR count). The number of hydrogen-bond donors (Lipinski definition) is 1. The van der Waals surface area contributed by atoms with Crippen LogP contribution in [0, 0.1) is 0 Å². The number of benzene rings is 1. The largest absolute Gasteiger partial charge is 0.481 e. The van der Waals surface area contributed by atoms with Crippen LogP contribution in [-0.4, -0.2) is 28.3 Å². The molecule has 4 nitrogen and oxygen atoms in total. The minimum Gasteiger partial charge on any atom is -0.481 e. The summed E-state index contributed by atoms with van der Waals surface area (Å²) in [6, 6.07) is 3.64. The Morgan fingerprint density at radius 3 is 2.53 bits per heavy atom. The molecule has 0 aliphatic carbocycles. The van der Waals surface area contributed by atoms with Gasteiger partial charge in [0.25, 0.3) is 0 Å². The lowest BCUT2D eigenvalue weighted by atomic mass is 9.99. The maximum Gasteiger partial charge on any atom is 0.387 e. The third-order valence-electron chi connectivity index (χ3n) is 2.27. The summed E-state index contributed by atoms with van der Waals surface area (Å²) in [7, 11) is 0. The molecule has 1 aromatic rings. The van der Waals surface area contributed by atoms with Gasteiger partial charge in [-0.3, -0.25) is 9.59 Å². The van der Waals surface area contributed by atoms with Gasteiger partial charge < -0.3 is 9.84 Å². The first kappa shape index (κ1) is 15.6. The van der Waals surface area contributed by atoms with E-state index >= 15 is 0 Å². The van der Waals surface area contributed by atoms with Crippen LogP contribution in [0.25, 0.3) is 0 Å². The number of aliphatic carboxylic acids is 1.